The largest absolute Gasteiger partial charge is 0.481 e. The summed E-state index contributed by atoms with van der Waals surface area (Å²) in [5, 5.41) is 0.431. The van der Waals surface area contributed by atoms with Crippen molar-refractivity contribution in [2.75, 3.05) is 13.7 Å². The number of terminal acetylenes is 1. The summed E-state index contributed by atoms with van der Waals surface area (Å²) in [4.78, 5) is 18.6. The normalized spacial score (nSPS) is 17.0. The molecular formula is C20H15FN2O2S. The van der Waals surface area contributed by atoms with Crippen molar-refractivity contribution in [1.29, 1.82) is 0 Å². The summed E-state index contributed by atoms with van der Waals surface area (Å²) in [5.41, 5.74) is 1.04. The van der Waals surface area contributed by atoms with Gasteiger partial charge in [-0.05, 0) is 47.7 Å². The number of thioether (sulfide) groups is 1. The third kappa shape index (κ3) is 3.95. The van der Waals surface area contributed by atoms with Crippen molar-refractivity contribution in [2.24, 2.45) is 4.99 Å². The van der Waals surface area contributed by atoms with Crippen molar-refractivity contribution in [3.63, 3.8) is 0 Å². The molecule has 4 nitrogen and oxygen atoms in total. The Morgan fingerprint density at radius 1 is 1.27 bits per heavy atom. The van der Waals surface area contributed by atoms with Crippen LogP contribution in [0.4, 0.5) is 10.1 Å². The number of carbonyl (C=O) groups excluding carboxylic acids is 1. The molecule has 0 radical (unpaired) electrons. The standard InChI is InChI=1S/C20H15FN2O2S/c1-3-12-25-15-10-8-14(9-11-15)13-18-19(24)23(2)20(26-18)22-17-7-5-4-6-16(17)21/h1,4-11,13H,12H2,2H3/b18-13+,22-20?. The van der Waals surface area contributed by atoms with Crippen LogP contribution in [-0.4, -0.2) is 29.6 Å². The molecule has 2 aromatic carbocycles. The summed E-state index contributed by atoms with van der Waals surface area (Å²) in [6.45, 7) is 0.204. The number of aliphatic imine (C=N–C) groups is 1. The molecule has 1 heterocycles. The number of amides is 1. The molecule has 2 aromatic rings. The number of amidine groups is 1. The smallest absolute Gasteiger partial charge is 0.266 e. The molecule has 0 N–H and O–H groups in total. The van der Waals surface area contributed by atoms with Gasteiger partial charge in [-0.25, -0.2) is 9.38 Å². The molecular weight excluding hydrogens is 351 g/mol. The minimum absolute atomic E-state index is 0.183. The van der Waals surface area contributed by atoms with Crippen molar-refractivity contribution in [1.82, 2.24) is 4.90 Å². The van der Waals surface area contributed by atoms with E-state index in [1.165, 1.54) is 22.7 Å². The average molecular weight is 366 g/mol. The second kappa shape index (κ2) is 7.89. The summed E-state index contributed by atoms with van der Waals surface area (Å²) in [7, 11) is 1.62. The molecule has 0 spiro atoms. The van der Waals surface area contributed by atoms with Crippen molar-refractivity contribution >= 4 is 34.6 Å². The number of benzene rings is 2. The first-order chi connectivity index (χ1) is 12.6. The first-order valence-electron chi connectivity index (χ1n) is 7.75. The molecule has 1 aliphatic heterocycles. The van der Waals surface area contributed by atoms with E-state index in [1.54, 1.807) is 43.5 Å². The summed E-state index contributed by atoms with van der Waals surface area (Å²) >= 11 is 1.21. The van der Waals surface area contributed by atoms with Crippen LogP contribution in [0.3, 0.4) is 0 Å². The molecule has 0 aromatic heterocycles. The van der Waals surface area contributed by atoms with Gasteiger partial charge in [0.1, 0.15) is 23.9 Å². The number of nitrogens with zero attached hydrogens (tertiary/aromatic N) is 2. The first kappa shape index (κ1) is 17.8. The fourth-order valence-electron chi connectivity index (χ4n) is 2.23. The summed E-state index contributed by atoms with van der Waals surface area (Å²) in [5.74, 6) is 2.45. The molecule has 0 bridgehead atoms. The van der Waals surface area contributed by atoms with Crippen molar-refractivity contribution in [2.45, 2.75) is 0 Å². The summed E-state index contributed by atoms with van der Waals surface area (Å²) < 4.78 is 19.1. The van der Waals surface area contributed by atoms with E-state index < -0.39 is 5.82 Å². The molecule has 1 aliphatic rings. The SMILES string of the molecule is C#CCOc1ccc(/C=C2/SC(=Nc3ccccc3F)N(C)C2=O)cc1. The number of halogens is 1. The van der Waals surface area contributed by atoms with Gasteiger partial charge in [-0.1, -0.05) is 30.2 Å². The van der Waals surface area contributed by atoms with E-state index in [1.807, 2.05) is 12.1 Å². The molecule has 6 heteroatoms. The monoisotopic (exact) mass is 366 g/mol. The number of hydrogen-bond donors (Lipinski definition) is 0. The predicted molar refractivity (Wildman–Crippen MR) is 103 cm³/mol. The van der Waals surface area contributed by atoms with Crippen LogP contribution in [0.25, 0.3) is 6.08 Å². The Morgan fingerprint density at radius 2 is 2.00 bits per heavy atom. The van der Waals surface area contributed by atoms with E-state index in [0.717, 1.165) is 5.56 Å². The highest BCUT2D eigenvalue weighted by Crippen LogP contribution is 2.33. The fraction of sp³-hybridized carbons (Fsp3) is 0.100. The van der Waals surface area contributed by atoms with E-state index in [2.05, 4.69) is 10.9 Å². The Bertz CT molecular complexity index is 930. The van der Waals surface area contributed by atoms with Gasteiger partial charge in [-0.15, -0.1) is 6.42 Å². The van der Waals surface area contributed by atoms with Crippen molar-refractivity contribution < 1.29 is 13.9 Å². The quantitative estimate of drug-likeness (QED) is 0.605. The maximum absolute atomic E-state index is 13.8. The zero-order valence-corrected chi connectivity index (χ0v) is 14.8. The zero-order chi connectivity index (χ0) is 18.5. The van der Waals surface area contributed by atoms with Crippen LogP contribution in [0.1, 0.15) is 5.56 Å². The molecule has 3 rings (SSSR count). The minimum atomic E-state index is -0.429. The highest BCUT2D eigenvalue weighted by molar-refractivity contribution is 8.18. The molecule has 130 valence electrons. The summed E-state index contributed by atoms with van der Waals surface area (Å²) in [6.07, 6.45) is 6.92. The molecule has 1 saturated heterocycles. The van der Waals surface area contributed by atoms with Gasteiger partial charge in [-0.3, -0.25) is 9.69 Å². The van der Waals surface area contributed by atoms with Crippen LogP contribution in [0.2, 0.25) is 0 Å². The van der Waals surface area contributed by atoms with E-state index in [0.29, 0.717) is 15.8 Å². The fourth-order valence-corrected chi connectivity index (χ4v) is 3.21. The highest BCUT2D eigenvalue weighted by Gasteiger charge is 2.30. The topological polar surface area (TPSA) is 41.9 Å². The van der Waals surface area contributed by atoms with Gasteiger partial charge in [-0.2, -0.15) is 0 Å². The minimum Gasteiger partial charge on any atom is -0.481 e. The molecule has 1 amide bonds. The van der Waals surface area contributed by atoms with E-state index in [9.17, 15) is 9.18 Å². The van der Waals surface area contributed by atoms with Gasteiger partial charge in [0.25, 0.3) is 5.91 Å². The van der Waals surface area contributed by atoms with E-state index >= 15 is 0 Å². The van der Waals surface area contributed by atoms with Gasteiger partial charge in [0.05, 0.1) is 4.91 Å². The zero-order valence-electron chi connectivity index (χ0n) is 14.0. The lowest BCUT2D eigenvalue weighted by Gasteiger charge is -2.07. The van der Waals surface area contributed by atoms with E-state index in [-0.39, 0.29) is 18.2 Å². The Kier molecular flexibility index (Phi) is 5.40. The second-order valence-corrected chi connectivity index (χ2v) is 6.39. The molecule has 26 heavy (non-hydrogen) atoms. The van der Waals surface area contributed by atoms with Gasteiger partial charge in [0.2, 0.25) is 0 Å². The Hall–Kier alpha value is -3.04. The lowest BCUT2D eigenvalue weighted by Crippen LogP contribution is -2.23. The van der Waals surface area contributed by atoms with Crippen LogP contribution in [0.5, 0.6) is 5.75 Å². The van der Waals surface area contributed by atoms with Gasteiger partial charge in [0, 0.05) is 7.05 Å². The maximum atomic E-state index is 13.8. The highest BCUT2D eigenvalue weighted by atomic mass is 32.2. The van der Waals surface area contributed by atoms with Crippen LogP contribution in [0, 0.1) is 18.2 Å². The van der Waals surface area contributed by atoms with Crippen LogP contribution >= 0.6 is 11.8 Å². The van der Waals surface area contributed by atoms with Gasteiger partial charge in [0.15, 0.2) is 5.17 Å². The Morgan fingerprint density at radius 3 is 2.69 bits per heavy atom. The lowest BCUT2D eigenvalue weighted by atomic mass is 10.2. The third-order valence-electron chi connectivity index (χ3n) is 3.57. The lowest BCUT2D eigenvalue weighted by molar-refractivity contribution is -0.121. The first-order valence-corrected chi connectivity index (χ1v) is 8.57. The number of carbonyl (C=O) groups is 1. The average Bonchev–Trinajstić information content (AvgIpc) is 2.91. The maximum Gasteiger partial charge on any atom is 0.266 e. The van der Waals surface area contributed by atoms with Gasteiger partial charge < -0.3 is 4.74 Å². The molecule has 1 fully saturated rings. The van der Waals surface area contributed by atoms with Crippen molar-refractivity contribution in [3.05, 3.63) is 64.8 Å². The second-order valence-electron chi connectivity index (χ2n) is 5.38. The Labute approximate surface area is 155 Å². The van der Waals surface area contributed by atoms with E-state index in [4.69, 9.17) is 11.2 Å². The number of likely N-dealkylation sites (N-methyl/N-ethyl adjacent to an activating group) is 1. The van der Waals surface area contributed by atoms with Crippen LogP contribution < -0.4 is 4.74 Å². The van der Waals surface area contributed by atoms with Gasteiger partial charge >= 0.3 is 0 Å². The van der Waals surface area contributed by atoms with Crippen LogP contribution in [-0.2, 0) is 4.79 Å². The summed E-state index contributed by atoms with van der Waals surface area (Å²) in [6, 6.07) is 13.4. The molecule has 0 unspecified atom stereocenters. The molecule has 0 atom stereocenters. The predicted octanol–water partition coefficient (Wildman–Crippen LogP) is 4.07. The molecule has 0 saturated carbocycles. The Balaban J connectivity index is 1.81. The number of hydrogen-bond acceptors (Lipinski definition) is 4. The third-order valence-corrected chi connectivity index (χ3v) is 4.63. The number of rotatable bonds is 4. The van der Waals surface area contributed by atoms with Crippen molar-refractivity contribution in [3.8, 4) is 18.1 Å². The van der Waals surface area contributed by atoms with Crippen LogP contribution in [0.15, 0.2) is 58.4 Å². The molecule has 0 aliphatic carbocycles. The number of para-hydroxylation sites is 1. The number of ether oxygens (including phenoxy) is 1.